The predicted molar refractivity (Wildman–Crippen MR) is 60.1 cm³/mol. The average molecular weight is 258 g/mol. The summed E-state index contributed by atoms with van der Waals surface area (Å²) in [5.41, 5.74) is 0. The molecule has 1 N–H and O–H groups in total. The van der Waals surface area contributed by atoms with Crippen LogP contribution in [0.2, 0.25) is 0 Å². The van der Waals surface area contributed by atoms with Crippen LogP contribution in [0.25, 0.3) is 0 Å². The molecule has 1 atom stereocenters. The quantitative estimate of drug-likeness (QED) is 0.876. The highest BCUT2D eigenvalue weighted by molar-refractivity contribution is 9.10. The molecule has 1 saturated carbocycles. The van der Waals surface area contributed by atoms with Crippen molar-refractivity contribution < 1.29 is 4.42 Å². The van der Waals surface area contributed by atoms with Crippen LogP contribution in [0.3, 0.4) is 0 Å². The number of hydrogen-bond donors (Lipinski definition) is 1. The predicted octanol–water partition coefficient (Wildman–Crippen LogP) is 3.32. The van der Waals surface area contributed by atoms with Gasteiger partial charge in [0.25, 0.3) is 0 Å². The van der Waals surface area contributed by atoms with Gasteiger partial charge in [-0.25, -0.2) is 0 Å². The van der Waals surface area contributed by atoms with Gasteiger partial charge in [0, 0.05) is 6.04 Å². The highest BCUT2D eigenvalue weighted by Crippen LogP contribution is 2.33. The SMILES string of the molecule is CC(CC1CC1)NCc1ccc(Br)o1. The monoisotopic (exact) mass is 257 g/mol. The van der Waals surface area contributed by atoms with Crippen molar-refractivity contribution in [2.45, 2.75) is 38.8 Å². The van der Waals surface area contributed by atoms with Gasteiger partial charge in [-0.15, -0.1) is 0 Å². The Morgan fingerprint density at radius 1 is 1.57 bits per heavy atom. The van der Waals surface area contributed by atoms with Gasteiger partial charge in [0.1, 0.15) is 5.76 Å². The largest absolute Gasteiger partial charge is 0.453 e. The summed E-state index contributed by atoms with van der Waals surface area (Å²) in [6.07, 6.45) is 4.17. The first-order valence-electron chi connectivity index (χ1n) is 5.21. The molecule has 0 aromatic carbocycles. The Hall–Kier alpha value is -0.280. The lowest BCUT2D eigenvalue weighted by molar-refractivity contribution is 0.424. The maximum Gasteiger partial charge on any atom is 0.169 e. The molecule has 0 spiro atoms. The second kappa shape index (κ2) is 4.49. The summed E-state index contributed by atoms with van der Waals surface area (Å²) >= 11 is 3.30. The summed E-state index contributed by atoms with van der Waals surface area (Å²) in [6.45, 7) is 3.08. The summed E-state index contributed by atoms with van der Waals surface area (Å²) in [5, 5.41) is 3.47. The number of halogens is 1. The lowest BCUT2D eigenvalue weighted by Crippen LogP contribution is -2.25. The summed E-state index contributed by atoms with van der Waals surface area (Å²) in [5.74, 6) is 1.99. The molecule has 0 radical (unpaired) electrons. The van der Waals surface area contributed by atoms with Gasteiger partial charge in [-0.1, -0.05) is 12.8 Å². The fraction of sp³-hybridized carbons (Fsp3) is 0.636. The van der Waals surface area contributed by atoms with Crippen molar-refractivity contribution in [2.24, 2.45) is 5.92 Å². The molecule has 78 valence electrons. The number of rotatable bonds is 5. The molecule has 1 aliphatic carbocycles. The molecule has 0 aliphatic heterocycles. The molecule has 1 fully saturated rings. The first-order valence-corrected chi connectivity index (χ1v) is 6.01. The number of hydrogen-bond acceptors (Lipinski definition) is 2. The first kappa shape index (κ1) is 10.2. The molecule has 2 nitrogen and oxygen atoms in total. The summed E-state index contributed by atoms with van der Waals surface area (Å²) < 4.78 is 6.22. The van der Waals surface area contributed by atoms with E-state index in [2.05, 4.69) is 28.2 Å². The van der Waals surface area contributed by atoms with E-state index in [1.165, 1.54) is 19.3 Å². The van der Waals surface area contributed by atoms with Crippen molar-refractivity contribution >= 4 is 15.9 Å². The van der Waals surface area contributed by atoms with E-state index in [0.29, 0.717) is 6.04 Å². The lowest BCUT2D eigenvalue weighted by atomic mass is 10.1. The lowest BCUT2D eigenvalue weighted by Gasteiger charge is -2.11. The molecule has 1 heterocycles. The highest BCUT2D eigenvalue weighted by atomic mass is 79.9. The van der Waals surface area contributed by atoms with Gasteiger partial charge in [0.2, 0.25) is 0 Å². The molecule has 3 heteroatoms. The maximum absolute atomic E-state index is 5.41. The normalized spacial score (nSPS) is 18.4. The molecular formula is C11H16BrNO. The highest BCUT2D eigenvalue weighted by Gasteiger charge is 2.23. The molecule has 2 rings (SSSR count). The van der Waals surface area contributed by atoms with E-state index < -0.39 is 0 Å². The second-order valence-electron chi connectivity index (χ2n) is 4.17. The third-order valence-electron chi connectivity index (χ3n) is 2.64. The Balaban J connectivity index is 1.70. The van der Waals surface area contributed by atoms with Crippen molar-refractivity contribution in [2.75, 3.05) is 0 Å². The standard InChI is InChI=1S/C11H16BrNO/c1-8(6-9-2-3-9)13-7-10-4-5-11(12)14-10/h4-5,8-9,13H,2-3,6-7H2,1H3. The third-order valence-corrected chi connectivity index (χ3v) is 3.06. The van der Waals surface area contributed by atoms with Crippen LogP contribution < -0.4 is 5.32 Å². The Morgan fingerprint density at radius 3 is 2.93 bits per heavy atom. The molecule has 14 heavy (non-hydrogen) atoms. The van der Waals surface area contributed by atoms with E-state index in [9.17, 15) is 0 Å². The zero-order valence-electron chi connectivity index (χ0n) is 8.42. The van der Waals surface area contributed by atoms with Crippen molar-refractivity contribution in [3.63, 3.8) is 0 Å². The van der Waals surface area contributed by atoms with Crippen LogP contribution >= 0.6 is 15.9 Å². The van der Waals surface area contributed by atoms with Crippen LogP contribution in [-0.2, 0) is 6.54 Å². The van der Waals surface area contributed by atoms with Crippen molar-refractivity contribution in [3.8, 4) is 0 Å². The van der Waals surface area contributed by atoms with Gasteiger partial charge >= 0.3 is 0 Å². The summed E-state index contributed by atoms with van der Waals surface area (Å²) in [7, 11) is 0. The second-order valence-corrected chi connectivity index (χ2v) is 4.95. The molecule has 0 saturated heterocycles. The minimum Gasteiger partial charge on any atom is -0.453 e. The van der Waals surface area contributed by atoms with Crippen molar-refractivity contribution in [1.29, 1.82) is 0 Å². The van der Waals surface area contributed by atoms with Gasteiger partial charge in [-0.3, -0.25) is 0 Å². The minimum absolute atomic E-state index is 0.603. The van der Waals surface area contributed by atoms with E-state index in [1.807, 2.05) is 12.1 Å². The summed E-state index contributed by atoms with van der Waals surface area (Å²) in [4.78, 5) is 0. The number of nitrogens with one attached hydrogen (secondary N) is 1. The van der Waals surface area contributed by atoms with Gasteiger partial charge in [0.05, 0.1) is 6.54 Å². The van der Waals surface area contributed by atoms with Gasteiger partial charge in [0.15, 0.2) is 4.67 Å². The topological polar surface area (TPSA) is 25.2 Å². The molecule has 1 aromatic rings. The van der Waals surface area contributed by atoms with Gasteiger partial charge < -0.3 is 9.73 Å². The average Bonchev–Trinajstić information content (AvgIpc) is 2.85. The molecular weight excluding hydrogens is 242 g/mol. The van der Waals surface area contributed by atoms with Crippen LogP contribution in [0, 0.1) is 5.92 Å². The molecule has 1 aromatic heterocycles. The van der Waals surface area contributed by atoms with Gasteiger partial charge in [-0.05, 0) is 47.3 Å². The van der Waals surface area contributed by atoms with E-state index in [0.717, 1.165) is 22.9 Å². The Labute approximate surface area is 93.2 Å². The van der Waals surface area contributed by atoms with Crippen LogP contribution in [-0.4, -0.2) is 6.04 Å². The Morgan fingerprint density at radius 2 is 2.36 bits per heavy atom. The molecule has 0 bridgehead atoms. The maximum atomic E-state index is 5.41. The van der Waals surface area contributed by atoms with E-state index >= 15 is 0 Å². The minimum atomic E-state index is 0.603. The zero-order valence-corrected chi connectivity index (χ0v) is 10.0. The Bertz CT molecular complexity index is 293. The molecule has 1 unspecified atom stereocenters. The van der Waals surface area contributed by atoms with E-state index in [1.54, 1.807) is 0 Å². The zero-order chi connectivity index (χ0) is 9.97. The third kappa shape index (κ3) is 3.14. The first-order chi connectivity index (χ1) is 6.74. The fourth-order valence-electron chi connectivity index (χ4n) is 1.66. The smallest absolute Gasteiger partial charge is 0.169 e. The van der Waals surface area contributed by atoms with Crippen molar-refractivity contribution in [3.05, 3.63) is 22.6 Å². The fourth-order valence-corrected chi connectivity index (χ4v) is 2.00. The van der Waals surface area contributed by atoms with E-state index in [4.69, 9.17) is 4.42 Å². The number of furan rings is 1. The van der Waals surface area contributed by atoms with Crippen LogP contribution in [0.5, 0.6) is 0 Å². The van der Waals surface area contributed by atoms with E-state index in [-0.39, 0.29) is 0 Å². The van der Waals surface area contributed by atoms with Crippen LogP contribution in [0.1, 0.15) is 31.9 Å². The van der Waals surface area contributed by atoms with Crippen LogP contribution in [0.15, 0.2) is 21.2 Å². The molecule has 0 amide bonds. The Kier molecular flexibility index (Phi) is 3.29. The van der Waals surface area contributed by atoms with Crippen molar-refractivity contribution in [1.82, 2.24) is 5.32 Å². The summed E-state index contributed by atoms with van der Waals surface area (Å²) in [6, 6.07) is 4.54. The van der Waals surface area contributed by atoms with Crippen LogP contribution in [0.4, 0.5) is 0 Å². The molecule has 1 aliphatic rings. The van der Waals surface area contributed by atoms with Gasteiger partial charge in [-0.2, -0.15) is 0 Å².